The molecule has 0 aromatic heterocycles. The van der Waals surface area contributed by atoms with Gasteiger partial charge in [0.15, 0.2) is 0 Å². The van der Waals surface area contributed by atoms with Gasteiger partial charge in [0.05, 0.1) is 11.4 Å². The SMILES string of the molecule is Cc1ccc(C(=O)Nc2ccccc2NC(=O)Nc2ccccc2)c(C)c1. The Kier molecular flexibility index (Phi) is 5.52. The number of benzene rings is 3. The fourth-order valence-electron chi connectivity index (χ4n) is 2.77. The van der Waals surface area contributed by atoms with Crippen molar-refractivity contribution in [2.24, 2.45) is 0 Å². The summed E-state index contributed by atoms with van der Waals surface area (Å²) in [7, 11) is 0. The van der Waals surface area contributed by atoms with E-state index in [0.717, 1.165) is 11.1 Å². The lowest BCUT2D eigenvalue weighted by Crippen LogP contribution is -2.21. The van der Waals surface area contributed by atoms with Crippen molar-refractivity contribution in [3.05, 3.63) is 89.5 Å². The van der Waals surface area contributed by atoms with E-state index in [1.54, 1.807) is 42.5 Å². The van der Waals surface area contributed by atoms with Crippen molar-refractivity contribution in [2.75, 3.05) is 16.0 Å². The van der Waals surface area contributed by atoms with Gasteiger partial charge in [-0.05, 0) is 49.7 Å². The molecule has 0 heterocycles. The van der Waals surface area contributed by atoms with Gasteiger partial charge in [-0.25, -0.2) is 4.79 Å². The van der Waals surface area contributed by atoms with Crippen LogP contribution in [0.15, 0.2) is 72.8 Å². The molecule has 3 aromatic carbocycles. The molecule has 0 saturated carbocycles. The number of hydrogen-bond acceptors (Lipinski definition) is 2. The molecule has 136 valence electrons. The molecule has 3 amide bonds. The third-order valence-corrected chi connectivity index (χ3v) is 4.08. The number of hydrogen-bond donors (Lipinski definition) is 3. The van der Waals surface area contributed by atoms with Gasteiger partial charge in [-0.2, -0.15) is 0 Å². The molecule has 0 saturated heterocycles. The van der Waals surface area contributed by atoms with E-state index in [4.69, 9.17) is 0 Å². The second kappa shape index (κ2) is 8.19. The number of anilines is 3. The highest BCUT2D eigenvalue weighted by Gasteiger charge is 2.13. The van der Waals surface area contributed by atoms with E-state index in [2.05, 4.69) is 16.0 Å². The Hall–Kier alpha value is -3.60. The molecule has 0 bridgehead atoms. The molecule has 0 aliphatic carbocycles. The van der Waals surface area contributed by atoms with Crippen LogP contribution in [0.2, 0.25) is 0 Å². The molecule has 3 aromatic rings. The van der Waals surface area contributed by atoms with E-state index in [0.29, 0.717) is 22.6 Å². The molecular formula is C22H21N3O2. The summed E-state index contributed by atoms with van der Waals surface area (Å²) >= 11 is 0. The molecule has 3 rings (SSSR count). The van der Waals surface area contributed by atoms with E-state index < -0.39 is 0 Å². The summed E-state index contributed by atoms with van der Waals surface area (Å²) in [6.45, 7) is 3.89. The minimum atomic E-state index is -0.380. The van der Waals surface area contributed by atoms with Crippen LogP contribution in [-0.2, 0) is 0 Å². The van der Waals surface area contributed by atoms with Crippen LogP contribution in [0.1, 0.15) is 21.5 Å². The van der Waals surface area contributed by atoms with E-state index in [-0.39, 0.29) is 11.9 Å². The van der Waals surface area contributed by atoms with Crippen molar-refractivity contribution in [3.63, 3.8) is 0 Å². The number of aryl methyl sites for hydroxylation is 2. The number of carbonyl (C=O) groups excluding carboxylic acids is 2. The van der Waals surface area contributed by atoms with Crippen molar-refractivity contribution in [1.29, 1.82) is 0 Å². The second-order valence-corrected chi connectivity index (χ2v) is 6.26. The van der Waals surface area contributed by atoms with Crippen LogP contribution in [-0.4, -0.2) is 11.9 Å². The summed E-state index contributed by atoms with van der Waals surface area (Å²) < 4.78 is 0. The fraction of sp³-hybridized carbons (Fsp3) is 0.0909. The summed E-state index contributed by atoms with van der Waals surface area (Å²) in [5.74, 6) is -0.217. The highest BCUT2D eigenvalue weighted by atomic mass is 16.2. The minimum Gasteiger partial charge on any atom is -0.320 e. The molecule has 0 radical (unpaired) electrons. The standard InChI is InChI=1S/C22H21N3O2/c1-15-12-13-18(16(2)14-15)21(26)24-19-10-6-7-11-20(19)25-22(27)23-17-8-4-3-5-9-17/h3-14H,1-2H3,(H,24,26)(H2,23,25,27). The Morgan fingerprint density at radius 2 is 1.33 bits per heavy atom. The average Bonchev–Trinajstić information content (AvgIpc) is 2.64. The maximum Gasteiger partial charge on any atom is 0.323 e. The Labute approximate surface area is 158 Å². The van der Waals surface area contributed by atoms with Crippen molar-refractivity contribution < 1.29 is 9.59 Å². The molecule has 0 spiro atoms. The van der Waals surface area contributed by atoms with Crippen LogP contribution in [0.25, 0.3) is 0 Å². The molecule has 0 aliphatic heterocycles. The number of amides is 3. The molecule has 0 unspecified atom stereocenters. The predicted octanol–water partition coefficient (Wildman–Crippen LogP) is 5.20. The monoisotopic (exact) mass is 359 g/mol. The van der Waals surface area contributed by atoms with Crippen LogP contribution < -0.4 is 16.0 Å². The van der Waals surface area contributed by atoms with Gasteiger partial charge in [0.25, 0.3) is 5.91 Å². The summed E-state index contributed by atoms with van der Waals surface area (Å²) in [5.41, 5.74) is 4.34. The van der Waals surface area contributed by atoms with E-state index in [9.17, 15) is 9.59 Å². The zero-order valence-electron chi connectivity index (χ0n) is 15.2. The van der Waals surface area contributed by atoms with Crippen LogP contribution >= 0.6 is 0 Å². The largest absolute Gasteiger partial charge is 0.323 e. The van der Waals surface area contributed by atoms with Gasteiger partial charge in [0.2, 0.25) is 0 Å². The number of para-hydroxylation sites is 3. The Morgan fingerprint density at radius 3 is 2.00 bits per heavy atom. The molecule has 3 N–H and O–H groups in total. The van der Waals surface area contributed by atoms with Crippen molar-refractivity contribution in [3.8, 4) is 0 Å². The maximum absolute atomic E-state index is 12.6. The first-order valence-electron chi connectivity index (χ1n) is 8.63. The van der Waals surface area contributed by atoms with Gasteiger partial charge in [-0.1, -0.05) is 48.0 Å². The molecule has 5 heteroatoms. The van der Waals surface area contributed by atoms with Gasteiger partial charge in [-0.15, -0.1) is 0 Å². The first-order valence-corrected chi connectivity index (χ1v) is 8.63. The smallest absolute Gasteiger partial charge is 0.320 e. The number of carbonyl (C=O) groups is 2. The van der Waals surface area contributed by atoms with Gasteiger partial charge in [-0.3, -0.25) is 4.79 Å². The lowest BCUT2D eigenvalue weighted by molar-refractivity contribution is 0.102. The van der Waals surface area contributed by atoms with Crippen LogP contribution in [0.3, 0.4) is 0 Å². The number of rotatable bonds is 4. The Morgan fingerprint density at radius 1 is 0.704 bits per heavy atom. The molecule has 27 heavy (non-hydrogen) atoms. The van der Waals surface area contributed by atoms with Crippen LogP contribution in [0.4, 0.5) is 21.9 Å². The van der Waals surface area contributed by atoms with Crippen molar-refractivity contribution >= 4 is 29.0 Å². The first kappa shape index (κ1) is 18.2. The normalized spacial score (nSPS) is 10.1. The van der Waals surface area contributed by atoms with Gasteiger partial charge < -0.3 is 16.0 Å². The van der Waals surface area contributed by atoms with Gasteiger partial charge in [0, 0.05) is 11.3 Å². The number of nitrogens with one attached hydrogen (secondary N) is 3. The predicted molar refractivity (Wildman–Crippen MR) is 109 cm³/mol. The summed E-state index contributed by atoms with van der Waals surface area (Å²) in [4.78, 5) is 24.9. The highest BCUT2D eigenvalue weighted by molar-refractivity contribution is 6.09. The second-order valence-electron chi connectivity index (χ2n) is 6.26. The zero-order chi connectivity index (χ0) is 19.2. The van der Waals surface area contributed by atoms with Crippen molar-refractivity contribution in [2.45, 2.75) is 13.8 Å². The van der Waals surface area contributed by atoms with E-state index in [1.165, 1.54) is 0 Å². The zero-order valence-corrected chi connectivity index (χ0v) is 15.2. The van der Waals surface area contributed by atoms with Gasteiger partial charge in [0.1, 0.15) is 0 Å². The first-order chi connectivity index (χ1) is 13.0. The summed E-state index contributed by atoms with van der Waals surface area (Å²) in [6.07, 6.45) is 0. The summed E-state index contributed by atoms with van der Waals surface area (Å²) in [6, 6.07) is 21.5. The topological polar surface area (TPSA) is 70.2 Å². The molecule has 0 atom stereocenters. The van der Waals surface area contributed by atoms with E-state index in [1.807, 2.05) is 44.2 Å². The minimum absolute atomic E-state index is 0.217. The van der Waals surface area contributed by atoms with Crippen molar-refractivity contribution in [1.82, 2.24) is 0 Å². The third kappa shape index (κ3) is 4.73. The third-order valence-electron chi connectivity index (χ3n) is 4.08. The Balaban J connectivity index is 1.73. The fourth-order valence-corrected chi connectivity index (χ4v) is 2.77. The molecule has 0 fully saturated rings. The average molecular weight is 359 g/mol. The van der Waals surface area contributed by atoms with Gasteiger partial charge >= 0.3 is 6.03 Å². The molecule has 5 nitrogen and oxygen atoms in total. The number of urea groups is 1. The van der Waals surface area contributed by atoms with E-state index >= 15 is 0 Å². The lowest BCUT2D eigenvalue weighted by Gasteiger charge is -2.14. The summed E-state index contributed by atoms with van der Waals surface area (Å²) in [5, 5.41) is 8.40. The Bertz CT molecular complexity index is 968. The van der Waals surface area contributed by atoms with Crippen LogP contribution in [0.5, 0.6) is 0 Å². The van der Waals surface area contributed by atoms with Crippen LogP contribution in [0, 0.1) is 13.8 Å². The lowest BCUT2D eigenvalue weighted by atomic mass is 10.1. The quantitative estimate of drug-likeness (QED) is 0.599. The highest BCUT2D eigenvalue weighted by Crippen LogP contribution is 2.23. The molecular weight excluding hydrogens is 338 g/mol. The molecule has 0 aliphatic rings. The maximum atomic E-state index is 12.6.